The first kappa shape index (κ1) is 14.5. The van der Waals surface area contributed by atoms with Crippen molar-refractivity contribution in [2.24, 2.45) is 11.1 Å². The normalized spacial score (nSPS) is 25.4. The van der Waals surface area contributed by atoms with Gasteiger partial charge in [0.1, 0.15) is 0 Å². The zero-order valence-corrected chi connectivity index (χ0v) is 11.5. The van der Waals surface area contributed by atoms with Crippen LogP contribution in [-0.4, -0.2) is 43.3 Å². The lowest BCUT2D eigenvalue weighted by Gasteiger charge is -2.30. The highest BCUT2D eigenvalue weighted by atomic mass is 16.5. The van der Waals surface area contributed by atoms with E-state index in [4.69, 9.17) is 15.6 Å². The van der Waals surface area contributed by atoms with Crippen LogP contribution in [0, 0.1) is 5.41 Å². The smallest absolute Gasteiger partial charge is 0.335 e. The van der Waals surface area contributed by atoms with E-state index in [9.17, 15) is 9.59 Å². The maximum absolute atomic E-state index is 12.5. The zero-order chi connectivity index (χ0) is 14.9. The van der Waals surface area contributed by atoms with Crippen LogP contribution >= 0.6 is 0 Å². The molecule has 2 rings (SSSR count). The summed E-state index contributed by atoms with van der Waals surface area (Å²) in [7, 11) is 1.65. The summed E-state index contributed by atoms with van der Waals surface area (Å²) in [6.07, 6.45) is 0. The number of anilines is 1. The van der Waals surface area contributed by atoms with E-state index in [0.29, 0.717) is 18.9 Å². The number of hydrogen-bond donors (Lipinski definition) is 2. The first-order valence-corrected chi connectivity index (χ1v) is 6.31. The first-order valence-electron chi connectivity index (χ1n) is 6.31. The zero-order valence-electron chi connectivity index (χ0n) is 11.5. The number of rotatable bonds is 3. The molecule has 108 valence electrons. The number of amides is 1. The maximum Gasteiger partial charge on any atom is 0.335 e. The summed E-state index contributed by atoms with van der Waals surface area (Å²) in [5.74, 6) is -1.13. The molecule has 0 saturated carbocycles. The van der Waals surface area contributed by atoms with Gasteiger partial charge in [0.05, 0.1) is 24.2 Å². The predicted octanol–water partition coefficient (Wildman–Crippen LogP) is 0.711. The Morgan fingerprint density at radius 3 is 2.45 bits per heavy atom. The van der Waals surface area contributed by atoms with Crippen LogP contribution in [0.4, 0.5) is 5.69 Å². The molecule has 3 N–H and O–H groups in total. The van der Waals surface area contributed by atoms with Crippen LogP contribution in [-0.2, 0) is 9.53 Å². The van der Waals surface area contributed by atoms with E-state index < -0.39 is 11.4 Å². The number of carboxylic acid groups (broad SMARTS) is 1. The third kappa shape index (κ3) is 2.39. The number of carbonyl (C=O) groups excluding carboxylic acids is 1. The summed E-state index contributed by atoms with van der Waals surface area (Å²) in [5.41, 5.74) is 6.00. The second kappa shape index (κ2) is 5.22. The second-order valence-electron chi connectivity index (χ2n) is 5.26. The van der Waals surface area contributed by atoms with Crippen LogP contribution in [0.15, 0.2) is 24.3 Å². The standard InChI is InChI=1S/C14H18N2O4/c1-14(8-20-7-11(14)15)13(19)16(2)10-5-3-9(4-6-10)12(17)18/h3-6,11H,7-8,15H2,1-2H3,(H,17,18). The summed E-state index contributed by atoms with van der Waals surface area (Å²) < 4.78 is 5.28. The van der Waals surface area contributed by atoms with Gasteiger partial charge in [-0.3, -0.25) is 4.79 Å². The van der Waals surface area contributed by atoms with E-state index in [-0.39, 0.29) is 17.5 Å². The Morgan fingerprint density at radius 1 is 1.40 bits per heavy atom. The number of carboxylic acids is 1. The molecule has 0 radical (unpaired) electrons. The number of carbonyl (C=O) groups is 2. The van der Waals surface area contributed by atoms with Crippen LogP contribution in [0.5, 0.6) is 0 Å². The lowest BCUT2D eigenvalue weighted by molar-refractivity contribution is -0.127. The molecule has 1 saturated heterocycles. The number of nitrogens with zero attached hydrogens (tertiary/aromatic N) is 1. The van der Waals surface area contributed by atoms with Crippen molar-refractivity contribution < 1.29 is 19.4 Å². The van der Waals surface area contributed by atoms with Crippen molar-refractivity contribution in [2.45, 2.75) is 13.0 Å². The average molecular weight is 278 g/mol. The van der Waals surface area contributed by atoms with Gasteiger partial charge < -0.3 is 20.5 Å². The molecule has 2 unspecified atom stereocenters. The largest absolute Gasteiger partial charge is 0.478 e. The highest BCUT2D eigenvalue weighted by Gasteiger charge is 2.46. The third-order valence-electron chi connectivity index (χ3n) is 3.81. The monoisotopic (exact) mass is 278 g/mol. The molecule has 0 aliphatic carbocycles. The van der Waals surface area contributed by atoms with Crippen LogP contribution in [0.1, 0.15) is 17.3 Å². The Labute approximate surface area is 117 Å². The van der Waals surface area contributed by atoms with Gasteiger partial charge in [-0.2, -0.15) is 0 Å². The minimum atomic E-state index is -0.997. The highest BCUT2D eigenvalue weighted by molar-refractivity contribution is 5.98. The molecule has 1 fully saturated rings. The molecule has 6 heteroatoms. The maximum atomic E-state index is 12.5. The van der Waals surface area contributed by atoms with E-state index in [0.717, 1.165) is 0 Å². The van der Waals surface area contributed by atoms with Crippen molar-refractivity contribution >= 4 is 17.6 Å². The van der Waals surface area contributed by atoms with Gasteiger partial charge in [0.2, 0.25) is 5.91 Å². The first-order chi connectivity index (χ1) is 9.36. The van der Waals surface area contributed by atoms with Gasteiger partial charge in [0.15, 0.2) is 0 Å². The number of nitrogens with two attached hydrogens (primary N) is 1. The molecular weight excluding hydrogens is 260 g/mol. The van der Waals surface area contributed by atoms with E-state index in [1.54, 1.807) is 26.1 Å². The van der Waals surface area contributed by atoms with Crippen LogP contribution in [0.2, 0.25) is 0 Å². The fourth-order valence-electron chi connectivity index (χ4n) is 2.24. The number of aromatic carboxylic acids is 1. The van der Waals surface area contributed by atoms with Crippen molar-refractivity contribution in [2.75, 3.05) is 25.2 Å². The SMILES string of the molecule is CN(C(=O)C1(C)COCC1N)c1ccc(C(=O)O)cc1. The van der Waals surface area contributed by atoms with Crippen molar-refractivity contribution in [1.29, 1.82) is 0 Å². The Hall–Kier alpha value is -1.92. The summed E-state index contributed by atoms with van der Waals surface area (Å²) in [4.78, 5) is 24.8. The number of ether oxygens (including phenoxy) is 1. The lowest BCUT2D eigenvalue weighted by Crippen LogP contribution is -2.50. The van der Waals surface area contributed by atoms with Crippen LogP contribution < -0.4 is 10.6 Å². The molecule has 20 heavy (non-hydrogen) atoms. The Kier molecular flexibility index (Phi) is 3.78. The highest BCUT2D eigenvalue weighted by Crippen LogP contribution is 2.31. The molecule has 1 amide bonds. The number of hydrogen-bond acceptors (Lipinski definition) is 4. The second-order valence-corrected chi connectivity index (χ2v) is 5.26. The molecule has 0 spiro atoms. The van der Waals surface area contributed by atoms with E-state index in [1.165, 1.54) is 17.0 Å². The van der Waals surface area contributed by atoms with E-state index >= 15 is 0 Å². The molecule has 0 bridgehead atoms. The minimum Gasteiger partial charge on any atom is -0.478 e. The van der Waals surface area contributed by atoms with Crippen LogP contribution in [0.25, 0.3) is 0 Å². The molecule has 1 aliphatic heterocycles. The van der Waals surface area contributed by atoms with Gasteiger partial charge >= 0.3 is 5.97 Å². The molecule has 1 aliphatic rings. The van der Waals surface area contributed by atoms with Gasteiger partial charge in [-0.15, -0.1) is 0 Å². The molecule has 6 nitrogen and oxygen atoms in total. The summed E-state index contributed by atoms with van der Waals surface area (Å²) >= 11 is 0. The van der Waals surface area contributed by atoms with E-state index in [1.807, 2.05) is 0 Å². The number of benzene rings is 1. The van der Waals surface area contributed by atoms with Gasteiger partial charge in [0.25, 0.3) is 0 Å². The molecule has 1 heterocycles. The summed E-state index contributed by atoms with van der Waals surface area (Å²) in [5, 5.41) is 8.86. The Bertz CT molecular complexity index is 528. The summed E-state index contributed by atoms with van der Waals surface area (Å²) in [6.45, 7) is 2.45. The summed E-state index contributed by atoms with van der Waals surface area (Å²) in [6, 6.07) is 5.80. The van der Waals surface area contributed by atoms with E-state index in [2.05, 4.69) is 0 Å². The lowest BCUT2D eigenvalue weighted by atomic mass is 9.84. The minimum absolute atomic E-state index is 0.134. The van der Waals surface area contributed by atoms with Crippen molar-refractivity contribution in [3.63, 3.8) is 0 Å². The molecular formula is C14H18N2O4. The van der Waals surface area contributed by atoms with Gasteiger partial charge in [-0.25, -0.2) is 4.79 Å². The Morgan fingerprint density at radius 2 is 2.00 bits per heavy atom. The topological polar surface area (TPSA) is 92.9 Å². The molecule has 1 aromatic carbocycles. The van der Waals surface area contributed by atoms with Crippen molar-refractivity contribution in [3.05, 3.63) is 29.8 Å². The van der Waals surface area contributed by atoms with Crippen LogP contribution in [0.3, 0.4) is 0 Å². The van der Waals surface area contributed by atoms with Gasteiger partial charge in [-0.05, 0) is 31.2 Å². The van der Waals surface area contributed by atoms with Crippen molar-refractivity contribution in [1.82, 2.24) is 0 Å². The van der Waals surface area contributed by atoms with Gasteiger partial charge in [-0.1, -0.05) is 0 Å². The van der Waals surface area contributed by atoms with Crippen molar-refractivity contribution in [3.8, 4) is 0 Å². The van der Waals surface area contributed by atoms with Gasteiger partial charge in [0, 0.05) is 18.8 Å². The average Bonchev–Trinajstić information content (AvgIpc) is 2.78. The third-order valence-corrected chi connectivity index (χ3v) is 3.81. The quantitative estimate of drug-likeness (QED) is 0.849. The molecule has 0 aromatic heterocycles. The Balaban J connectivity index is 2.20. The fraction of sp³-hybridized carbons (Fsp3) is 0.429. The fourth-order valence-corrected chi connectivity index (χ4v) is 2.24. The molecule has 1 aromatic rings. The molecule has 2 atom stereocenters. The predicted molar refractivity (Wildman–Crippen MR) is 73.7 cm³/mol.